The van der Waals surface area contributed by atoms with E-state index in [1.807, 2.05) is 0 Å². The van der Waals surface area contributed by atoms with Gasteiger partial charge in [-0.25, -0.2) is 9.97 Å². The van der Waals surface area contributed by atoms with E-state index in [1.165, 1.54) is 18.2 Å². The van der Waals surface area contributed by atoms with Gasteiger partial charge in [0, 0.05) is 24.0 Å². The molecule has 3 rings (SSSR count). The second-order valence-corrected chi connectivity index (χ2v) is 4.48. The molecule has 3 aromatic rings. The highest BCUT2D eigenvalue weighted by molar-refractivity contribution is 6.28. The smallest absolute Gasteiger partial charge is 0.406 e. The fourth-order valence-electron chi connectivity index (χ4n) is 1.89. The van der Waals surface area contributed by atoms with Gasteiger partial charge in [-0.2, -0.15) is 0 Å². The fraction of sp³-hybridized carbons (Fsp3) is 0.0769. The second-order valence-electron chi connectivity index (χ2n) is 4.14. The lowest BCUT2D eigenvalue weighted by Crippen LogP contribution is -2.17. The quantitative estimate of drug-likeness (QED) is 0.673. The number of benzene rings is 1. The van der Waals surface area contributed by atoms with Gasteiger partial charge in [0.15, 0.2) is 0 Å². The highest BCUT2D eigenvalue weighted by atomic mass is 35.5. The molecular weight excluding hydrogens is 307 g/mol. The first-order chi connectivity index (χ1) is 9.92. The highest BCUT2D eigenvalue weighted by Gasteiger charge is 2.31. The third-order valence-corrected chi connectivity index (χ3v) is 2.98. The Morgan fingerprint density at radius 2 is 2.00 bits per heavy atom. The van der Waals surface area contributed by atoms with Gasteiger partial charge in [-0.15, -0.1) is 13.2 Å². The molecule has 0 atom stereocenters. The van der Waals surface area contributed by atoms with E-state index in [2.05, 4.69) is 14.7 Å². The Balaban J connectivity index is 2.04. The van der Waals surface area contributed by atoms with Crippen LogP contribution in [0, 0.1) is 0 Å². The van der Waals surface area contributed by atoms with E-state index in [-0.39, 0.29) is 11.0 Å². The molecule has 0 aliphatic heterocycles. The number of aromatic nitrogens is 3. The largest absolute Gasteiger partial charge is 0.573 e. The minimum atomic E-state index is -4.74. The zero-order chi connectivity index (χ0) is 15.0. The summed E-state index contributed by atoms with van der Waals surface area (Å²) >= 11 is 6.00. The average molecular weight is 314 g/mol. The molecule has 2 heterocycles. The Hall–Kier alpha value is -2.28. The van der Waals surface area contributed by atoms with Gasteiger partial charge in [-0.3, -0.25) is 4.40 Å². The van der Waals surface area contributed by atoms with Gasteiger partial charge < -0.3 is 4.74 Å². The van der Waals surface area contributed by atoms with Crippen LogP contribution in [-0.4, -0.2) is 20.7 Å². The van der Waals surface area contributed by atoms with E-state index in [9.17, 15) is 13.2 Å². The Morgan fingerprint density at radius 3 is 2.76 bits per heavy atom. The van der Waals surface area contributed by atoms with Crippen molar-refractivity contribution in [1.29, 1.82) is 0 Å². The number of alkyl halides is 3. The normalized spacial score (nSPS) is 11.8. The summed E-state index contributed by atoms with van der Waals surface area (Å²) in [6, 6.07) is 7.14. The first-order valence-electron chi connectivity index (χ1n) is 5.78. The second kappa shape index (κ2) is 4.92. The van der Waals surface area contributed by atoms with Crippen molar-refractivity contribution in [2.45, 2.75) is 6.36 Å². The number of hydrogen-bond donors (Lipinski definition) is 0. The fourth-order valence-corrected chi connectivity index (χ4v) is 2.12. The summed E-state index contributed by atoms with van der Waals surface area (Å²) < 4.78 is 42.1. The van der Waals surface area contributed by atoms with Crippen LogP contribution < -0.4 is 4.74 Å². The van der Waals surface area contributed by atoms with Crippen molar-refractivity contribution in [3.8, 4) is 17.0 Å². The van der Waals surface area contributed by atoms with Crippen LogP contribution in [0.5, 0.6) is 5.75 Å². The molecule has 0 aliphatic carbocycles. The topological polar surface area (TPSA) is 39.4 Å². The summed E-state index contributed by atoms with van der Waals surface area (Å²) in [5.74, 6) is -0.318. The SMILES string of the molecule is FC(F)(F)Oc1cccc(-c2cc3nccn3c(Cl)n2)c1. The molecule has 0 unspecified atom stereocenters. The molecule has 8 heteroatoms. The van der Waals surface area contributed by atoms with Crippen LogP contribution in [0.15, 0.2) is 42.7 Å². The van der Waals surface area contributed by atoms with Crippen molar-refractivity contribution in [3.05, 3.63) is 48.0 Å². The maximum atomic E-state index is 12.2. The number of rotatable bonds is 2. The van der Waals surface area contributed by atoms with Gasteiger partial charge in [0.1, 0.15) is 11.4 Å². The summed E-state index contributed by atoms with van der Waals surface area (Å²) in [5.41, 5.74) is 1.41. The minimum Gasteiger partial charge on any atom is -0.406 e. The van der Waals surface area contributed by atoms with E-state index in [1.54, 1.807) is 28.9 Å². The molecule has 0 spiro atoms. The lowest BCUT2D eigenvalue weighted by molar-refractivity contribution is -0.274. The Bertz CT molecular complexity index is 801. The van der Waals surface area contributed by atoms with Gasteiger partial charge in [0.25, 0.3) is 0 Å². The molecule has 0 radical (unpaired) electrons. The third-order valence-electron chi connectivity index (χ3n) is 2.71. The molecule has 0 N–H and O–H groups in total. The van der Waals surface area contributed by atoms with Crippen molar-refractivity contribution in [2.24, 2.45) is 0 Å². The standard InChI is InChI=1S/C13H7ClF3N3O/c14-12-19-10(7-11-18-4-5-20(11)12)8-2-1-3-9(6-8)21-13(15,16)17/h1-7H. The molecule has 0 saturated heterocycles. The molecule has 0 aliphatic rings. The predicted octanol–water partition coefficient (Wildman–Crippen LogP) is 3.95. The van der Waals surface area contributed by atoms with Gasteiger partial charge in [0.05, 0.1) is 5.69 Å². The van der Waals surface area contributed by atoms with Gasteiger partial charge in [-0.1, -0.05) is 12.1 Å². The number of fused-ring (bicyclic) bond motifs is 1. The Kier molecular flexibility index (Phi) is 3.21. The molecule has 4 nitrogen and oxygen atoms in total. The first kappa shape index (κ1) is 13.7. The van der Waals surface area contributed by atoms with E-state index < -0.39 is 6.36 Å². The van der Waals surface area contributed by atoms with E-state index in [0.29, 0.717) is 16.9 Å². The lowest BCUT2D eigenvalue weighted by Gasteiger charge is -2.10. The van der Waals surface area contributed by atoms with E-state index in [4.69, 9.17) is 11.6 Å². The molecule has 0 fully saturated rings. The molecule has 0 amide bonds. The van der Waals surface area contributed by atoms with Crippen molar-refractivity contribution in [1.82, 2.24) is 14.4 Å². The van der Waals surface area contributed by atoms with Crippen molar-refractivity contribution < 1.29 is 17.9 Å². The number of imidazole rings is 1. The Morgan fingerprint density at radius 1 is 1.19 bits per heavy atom. The van der Waals surface area contributed by atoms with Gasteiger partial charge in [-0.05, 0) is 23.7 Å². The molecule has 21 heavy (non-hydrogen) atoms. The summed E-state index contributed by atoms with van der Waals surface area (Å²) in [4.78, 5) is 8.21. The highest BCUT2D eigenvalue weighted by Crippen LogP contribution is 2.28. The summed E-state index contributed by atoms with van der Waals surface area (Å²) in [6.07, 6.45) is -1.55. The van der Waals surface area contributed by atoms with Gasteiger partial charge >= 0.3 is 6.36 Å². The number of halogens is 4. The van der Waals surface area contributed by atoms with Crippen LogP contribution in [-0.2, 0) is 0 Å². The van der Waals surface area contributed by atoms with E-state index in [0.717, 1.165) is 0 Å². The van der Waals surface area contributed by atoms with Crippen molar-refractivity contribution in [2.75, 3.05) is 0 Å². The van der Waals surface area contributed by atoms with Crippen LogP contribution in [0.2, 0.25) is 5.28 Å². The minimum absolute atomic E-state index is 0.169. The van der Waals surface area contributed by atoms with Crippen LogP contribution >= 0.6 is 11.6 Å². The number of nitrogens with zero attached hydrogens (tertiary/aromatic N) is 3. The van der Waals surface area contributed by atoms with E-state index >= 15 is 0 Å². The van der Waals surface area contributed by atoms with Crippen molar-refractivity contribution in [3.63, 3.8) is 0 Å². The van der Waals surface area contributed by atoms with Gasteiger partial charge in [0.2, 0.25) is 5.28 Å². The third kappa shape index (κ3) is 2.92. The Labute approximate surface area is 121 Å². The van der Waals surface area contributed by atoms with Crippen LogP contribution in [0.4, 0.5) is 13.2 Å². The number of ether oxygens (including phenoxy) is 1. The monoisotopic (exact) mass is 313 g/mol. The first-order valence-corrected chi connectivity index (χ1v) is 6.16. The zero-order valence-corrected chi connectivity index (χ0v) is 11.1. The maximum Gasteiger partial charge on any atom is 0.573 e. The summed E-state index contributed by atoms with van der Waals surface area (Å²) in [5, 5.41) is 0.169. The predicted molar refractivity (Wildman–Crippen MR) is 70.1 cm³/mol. The molecule has 1 aromatic carbocycles. The molecule has 0 saturated carbocycles. The van der Waals surface area contributed by atoms with Crippen LogP contribution in [0.25, 0.3) is 16.9 Å². The number of hydrogen-bond acceptors (Lipinski definition) is 3. The molecular formula is C13H7ClF3N3O. The summed E-state index contributed by atoms with van der Waals surface area (Å²) in [7, 11) is 0. The maximum absolute atomic E-state index is 12.2. The zero-order valence-electron chi connectivity index (χ0n) is 10.3. The molecule has 108 valence electrons. The van der Waals surface area contributed by atoms with Crippen LogP contribution in [0.1, 0.15) is 0 Å². The van der Waals surface area contributed by atoms with Crippen molar-refractivity contribution >= 4 is 17.2 Å². The van der Waals surface area contributed by atoms with Crippen LogP contribution in [0.3, 0.4) is 0 Å². The lowest BCUT2D eigenvalue weighted by atomic mass is 10.1. The average Bonchev–Trinajstić information content (AvgIpc) is 2.86. The molecule has 0 bridgehead atoms. The summed E-state index contributed by atoms with van der Waals surface area (Å²) in [6.45, 7) is 0. The molecule has 2 aromatic heterocycles.